The fourth-order valence-corrected chi connectivity index (χ4v) is 2.33. The maximum atomic E-state index is 13.2. The van der Waals surface area contributed by atoms with Gasteiger partial charge in [-0.3, -0.25) is 4.79 Å². The van der Waals surface area contributed by atoms with Crippen LogP contribution in [0.2, 0.25) is 5.02 Å². The van der Waals surface area contributed by atoms with Gasteiger partial charge in [-0.15, -0.1) is 0 Å². The van der Waals surface area contributed by atoms with Crippen LogP contribution in [0.3, 0.4) is 0 Å². The lowest BCUT2D eigenvalue weighted by atomic mass is 10.1. The quantitative estimate of drug-likeness (QED) is 0.523. The number of rotatable bonds is 2. The highest BCUT2D eigenvalue weighted by molar-refractivity contribution is 6.30. The van der Waals surface area contributed by atoms with Crippen LogP contribution >= 0.6 is 11.6 Å². The molecule has 0 unspecified atom stereocenters. The molecule has 0 N–H and O–H groups in total. The summed E-state index contributed by atoms with van der Waals surface area (Å²) in [4.78, 5) is 24.0. The molecular weight excluding hydrogens is 323 g/mol. The molecule has 1 heterocycles. The lowest BCUT2D eigenvalue weighted by Crippen LogP contribution is -2.10. The fourth-order valence-electron chi connectivity index (χ4n) is 2.18. The van der Waals surface area contributed by atoms with Crippen molar-refractivity contribution in [2.24, 2.45) is 0 Å². The maximum Gasteiger partial charge on any atom is 0.343 e. The molecule has 6 heteroatoms. The minimum absolute atomic E-state index is 0.0265. The summed E-state index contributed by atoms with van der Waals surface area (Å²) in [6, 6.07) is 8.12. The maximum absolute atomic E-state index is 13.2. The van der Waals surface area contributed by atoms with Crippen LogP contribution in [-0.4, -0.2) is 5.97 Å². The smallest absolute Gasteiger partial charge is 0.343 e. The van der Waals surface area contributed by atoms with Crippen molar-refractivity contribution >= 4 is 28.5 Å². The second kappa shape index (κ2) is 5.85. The van der Waals surface area contributed by atoms with Gasteiger partial charge in [-0.1, -0.05) is 17.7 Å². The van der Waals surface area contributed by atoms with Crippen molar-refractivity contribution in [1.29, 1.82) is 0 Å². The summed E-state index contributed by atoms with van der Waals surface area (Å²) in [7, 11) is 0. The van der Waals surface area contributed by atoms with E-state index in [1.54, 1.807) is 6.92 Å². The number of carbonyl (C=O) groups excluding carboxylic acids is 1. The highest BCUT2D eigenvalue weighted by atomic mass is 35.5. The molecule has 3 rings (SSSR count). The van der Waals surface area contributed by atoms with Gasteiger partial charge in [0, 0.05) is 5.56 Å². The summed E-state index contributed by atoms with van der Waals surface area (Å²) < 4.78 is 23.7. The summed E-state index contributed by atoms with van der Waals surface area (Å²) in [5.41, 5.74) is 0.478. The topological polar surface area (TPSA) is 56.5 Å². The Morgan fingerprint density at radius 2 is 2.04 bits per heavy atom. The van der Waals surface area contributed by atoms with Gasteiger partial charge in [0.05, 0.1) is 10.9 Å². The lowest BCUT2D eigenvalue weighted by molar-refractivity contribution is 0.0733. The SMILES string of the molecule is Cc1c(OC(=O)c2cccc(F)c2)ccc2c(=O)c(Cl)coc12. The number of aryl methyl sites for hydroxylation is 1. The van der Waals surface area contributed by atoms with Gasteiger partial charge in [0.15, 0.2) is 0 Å². The van der Waals surface area contributed by atoms with E-state index in [1.807, 2.05) is 0 Å². The average Bonchev–Trinajstić information content (AvgIpc) is 2.53. The zero-order valence-electron chi connectivity index (χ0n) is 11.9. The van der Waals surface area contributed by atoms with Gasteiger partial charge < -0.3 is 9.15 Å². The first-order chi connectivity index (χ1) is 11.0. The Morgan fingerprint density at radius 1 is 1.26 bits per heavy atom. The molecule has 23 heavy (non-hydrogen) atoms. The van der Waals surface area contributed by atoms with Gasteiger partial charge in [-0.25, -0.2) is 9.18 Å². The minimum Gasteiger partial charge on any atom is -0.462 e. The standard InChI is InChI=1S/C17H10ClFO4/c1-9-14(23-17(21)10-3-2-4-11(19)7-10)6-5-12-15(20)13(18)8-22-16(9)12/h2-8H,1H3. The van der Waals surface area contributed by atoms with Crippen LogP contribution in [0.25, 0.3) is 11.0 Å². The molecule has 0 aliphatic carbocycles. The van der Waals surface area contributed by atoms with Crippen LogP contribution in [0.5, 0.6) is 5.75 Å². The van der Waals surface area contributed by atoms with Crippen LogP contribution in [0.4, 0.5) is 4.39 Å². The monoisotopic (exact) mass is 332 g/mol. The Bertz CT molecular complexity index is 978. The van der Waals surface area contributed by atoms with Crippen LogP contribution in [0, 0.1) is 12.7 Å². The zero-order chi connectivity index (χ0) is 16.6. The molecule has 0 atom stereocenters. The van der Waals surface area contributed by atoms with Crippen LogP contribution in [-0.2, 0) is 0 Å². The van der Waals surface area contributed by atoms with Gasteiger partial charge in [-0.05, 0) is 37.3 Å². The molecule has 0 saturated heterocycles. The second-order valence-electron chi connectivity index (χ2n) is 4.88. The van der Waals surface area contributed by atoms with E-state index in [0.717, 1.165) is 12.3 Å². The number of fused-ring (bicyclic) bond motifs is 1. The van der Waals surface area contributed by atoms with Crippen LogP contribution in [0.15, 0.2) is 51.9 Å². The number of halogens is 2. The Hall–Kier alpha value is -2.66. The molecule has 116 valence electrons. The predicted molar refractivity (Wildman–Crippen MR) is 83.6 cm³/mol. The van der Waals surface area contributed by atoms with Crippen LogP contribution < -0.4 is 10.2 Å². The summed E-state index contributed by atoms with van der Waals surface area (Å²) in [5.74, 6) is -1.02. The molecule has 1 aromatic heterocycles. The molecular formula is C17H10ClFO4. The molecule has 4 nitrogen and oxygen atoms in total. The fraction of sp³-hybridized carbons (Fsp3) is 0.0588. The first-order valence-corrected chi connectivity index (χ1v) is 7.03. The predicted octanol–water partition coefficient (Wildman–Crippen LogP) is 4.11. The zero-order valence-corrected chi connectivity index (χ0v) is 12.7. The molecule has 2 aromatic carbocycles. The third-order valence-electron chi connectivity index (χ3n) is 3.36. The number of hydrogen-bond acceptors (Lipinski definition) is 4. The van der Waals surface area contributed by atoms with E-state index in [1.165, 1.54) is 30.3 Å². The molecule has 0 spiro atoms. The van der Waals surface area contributed by atoms with E-state index >= 15 is 0 Å². The molecule has 0 radical (unpaired) electrons. The molecule has 0 aliphatic rings. The summed E-state index contributed by atoms with van der Waals surface area (Å²) >= 11 is 5.73. The van der Waals surface area contributed by atoms with E-state index < -0.39 is 11.8 Å². The normalized spacial score (nSPS) is 10.7. The van der Waals surface area contributed by atoms with Crippen molar-refractivity contribution in [2.75, 3.05) is 0 Å². The van der Waals surface area contributed by atoms with Crippen LogP contribution in [0.1, 0.15) is 15.9 Å². The number of esters is 1. The molecule has 0 bridgehead atoms. The number of hydrogen-bond donors (Lipinski definition) is 0. The van der Waals surface area contributed by atoms with E-state index in [4.69, 9.17) is 20.8 Å². The van der Waals surface area contributed by atoms with Gasteiger partial charge in [0.25, 0.3) is 0 Å². The first kappa shape index (κ1) is 15.2. The second-order valence-corrected chi connectivity index (χ2v) is 5.29. The molecule has 0 amide bonds. The summed E-state index contributed by atoms with van der Waals surface area (Å²) in [6.45, 7) is 1.65. The van der Waals surface area contributed by atoms with Crippen molar-refractivity contribution in [3.63, 3.8) is 0 Å². The third kappa shape index (κ3) is 2.83. The average molecular weight is 333 g/mol. The summed E-state index contributed by atoms with van der Waals surface area (Å²) in [6.07, 6.45) is 1.14. The molecule has 0 fully saturated rings. The minimum atomic E-state index is -0.705. The Labute approximate surface area is 135 Å². The Morgan fingerprint density at radius 3 is 2.78 bits per heavy atom. The number of ether oxygens (including phenoxy) is 1. The lowest BCUT2D eigenvalue weighted by Gasteiger charge is -2.09. The Kier molecular flexibility index (Phi) is 3.88. The van der Waals surface area contributed by atoms with Crippen molar-refractivity contribution in [2.45, 2.75) is 6.92 Å². The largest absolute Gasteiger partial charge is 0.462 e. The highest BCUT2D eigenvalue weighted by Gasteiger charge is 2.15. The van der Waals surface area contributed by atoms with Gasteiger partial charge in [0.2, 0.25) is 5.43 Å². The van der Waals surface area contributed by atoms with Gasteiger partial charge in [0.1, 0.15) is 28.4 Å². The van der Waals surface area contributed by atoms with Gasteiger partial charge >= 0.3 is 5.97 Å². The van der Waals surface area contributed by atoms with Crippen molar-refractivity contribution in [3.8, 4) is 5.75 Å². The van der Waals surface area contributed by atoms with E-state index in [2.05, 4.69) is 0 Å². The number of benzene rings is 2. The van der Waals surface area contributed by atoms with Crippen molar-refractivity contribution in [1.82, 2.24) is 0 Å². The molecule has 3 aromatic rings. The molecule has 0 aliphatic heterocycles. The highest BCUT2D eigenvalue weighted by Crippen LogP contribution is 2.27. The summed E-state index contributed by atoms with van der Waals surface area (Å²) in [5, 5.41) is 0.266. The van der Waals surface area contributed by atoms with E-state index in [9.17, 15) is 14.0 Å². The number of carbonyl (C=O) groups is 1. The molecule has 0 saturated carbocycles. The third-order valence-corrected chi connectivity index (χ3v) is 3.62. The Balaban J connectivity index is 2.01. The van der Waals surface area contributed by atoms with E-state index in [-0.39, 0.29) is 27.3 Å². The van der Waals surface area contributed by atoms with Gasteiger partial charge in [-0.2, -0.15) is 0 Å². The van der Waals surface area contributed by atoms with E-state index in [0.29, 0.717) is 10.9 Å². The van der Waals surface area contributed by atoms with Crippen molar-refractivity contribution < 1.29 is 18.3 Å². The first-order valence-electron chi connectivity index (χ1n) is 6.66. The van der Waals surface area contributed by atoms with Crippen molar-refractivity contribution in [3.05, 3.63) is 74.9 Å².